The van der Waals surface area contributed by atoms with Gasteiger partial charge in [0, 0.05) is 38.4 Å². The zero-order valence-corrected chi connectivity index (χ0v) is 16.1. The van der Waals surface area contributed by atoms with E-state index in [0.717, 1.165) is 12.1 Å². The van der Waals surface area contributed by atoms with Gasteiger partial charge in [0.15, 0.2) is 0 Å². The van der Waals surface area contributed by atoms with E-state index >= 15 is 0 Å². The van der Waals surface area contributed by atoms with Gasteiger partial charge in [0.25, 0.3) is 10.2 Å². The van der Waals surface area contributed by atoms with Crippen LogP contribution in [0.5, 0.6) is 0 Å². The van der Waals surface area contributed by atoms with Gasteiger partial charge < -0.3 is 5.11 Å². The molecular weight excluding hydrogens is 368 g/mol. The van der Waals surface area contributed by atoms with Gasteiger partial charge in [0.1, 0.15) is 6.33 Å². The zero-order valence-electron chi connectivity index (χ0n) is 15.2. The molecule has 0 radical (unpaired) electrons. The first-order valence-electron chi connectivity index (χ1n) is 8.60. The third kappa shape index (κ3) is 4.15. The van der Waals surface area contributed by atoms with Crippen molar-refractivity contribution in [1.29, 1.82) is 0 Å². The fraction of sp³-hybridized carbons (Fsp3) is 0.389. The minimum atomic E-state index is -3.40. The monoisotopic (exact) mass is 390 g/mol. The molecule has 0 amide bonds. The number of carbonyl (C=O) groups is 1. The van der Waals surface area contributed by atoms with E-state index in [0.29, 0.717) is 30.8 Å². The van der Waals surface area contributed by atoms with Crippen molar-refractivity contribution < 1.29 is 18.3 Å². The summed E-state index contributed by atoms with van der Waals surface area (Å²) in [5, 5.41) is 9.37. The van der Waals surface area contributed by atoms with Crippen molar-refractivity contribution in [2.24, 2.45) is 5.92 Å². The van der Waals surface area contributed by atoms with Crippen molar-refractivity contribution in [2.45, 2.75) is 12.8 Å². The summed E-state index contributed by atoms with van der Waals surface area (Å²) < 4.78 is 27.2. The molecule has 1 aromatic heterocycles. The topological polar surface area (TPSA) is 104 Å². The molecule has 0 saturated carbocycles. The summed E-state index contributed by atoms with van der Waals surface area (Å²) in [5.74, 6) is -0.844. The minimum absolute atomic E-state index is 0.164. The molecule has 8 nitrogen and oxygen atoms in total. The highest BCUT2D eigenvalue weighted by Gasteiger charge is 2.32. The van der Waals surface area contributed by atoms with E-state index in [-0.39, 0.29) is 11.5 Å². The molecule has 9 heteroatoms. The van der Waals surface area contributed by atoms with E-state index in [9.17, 15) is 18.3 Å². The summed E-state index contributed by atoms with van der Waals surface area (Å²) in [4.78, 5) is 19.9. The molecule has 2 aromatic rings. The molecule has 2 heterocycles. The second kappa shape index (κ2) is 7.71. The van der Waals surface area contributed by atoms with Gasteiger partial charge in [-0.15, -0.1) is 0 Å². The number of hydrogen-bond acceptors (Lipinski definition) is 5. The Hall–Kier alpha value is -2.36. The molecule has 1 atom stereocenters. The van der Waals surface area contributed by atoms with Crippen molar-refractivity contribution in [2.75, 3.05) is 27.2 Å². The van der Waals surface area contributed by atoms with Crippen LogP contribution in [0.25, 0.3) is 11.3 Å². The first-order valence-corrected chi connectivity index (χ1v) is 10.00. The van der Waals surface area contributed by atoms with Gasteiger partial charge in [0.05, 0.1) is 11.3 Å². The van der Waals surface area contributed by atoms with Crippen LogP contribution in [0.15, 0.2) is 36.7 Å². The molecule has 0 unspecified atom stereocenters. The number of carboxylic acids is 1. The highest BCUT2D eigenvalue weighted by Crippen LogP contribution is 2.26. The Bertz CT molecular complexity index is 946. The van der Waals surface area contributed by atoms with Crippen LogP contribution in [0.2, 0.25) is 0 Å². The van der Waals surface area contributed by atoms with Crippen molar-refractivity contribution >= 4 is 16.2 Å². The smallest absolute Gasteiger partial charge is 0.336 e. The van der Waals surface area contributed by atoms with E-state index in [1.165, 1.54) is 29.0 Å². The second-order valence-electron chi connectivity index (χ2n) is 6.75. The van der Waals surface area contributed by atoms with Gasteiger partial charge in [-0.05, 0) is 30.9 Å². The molecule has 144 valence electrons. The lowest BCUT2D eigenvalue weighted by atomic mass is 10.00. The van der Waals surface area contributed by atoms with Gasteiger partial charge in [-0.3, -0.25) is 0 Å². The van der Waals surface area contributed by atoms with Crippen LogP contribution in [0.1, 0.15) is 22.5 Å². The van der Waals surface area contributed by atoms with E-state index in [1.807, 2.05) is 0 Å². The van der Waals surface area contributed by atoms with Crippen LogP contribution < -0.4 is 0 Å². The molecule has 0 aliphatic carbocycles. The SMILES string of the molecule is CN(C)S(=O)(=O)N1CC[C@H](Cc2cc(-c3ccccc3C(=O)O)ncn2)C1. The van der Waals surface area contributed by atoms with Gasteiger partial charge in [-0.2, -0.15) is 17.0 Å². The van der Waals surface area contributed by atoms with Crippen LogP contribution in [0.3, 0.4) is 0 Å². The summed E-state index contributed by atoms with van der Waals surface area (Å²) in [7, 11) is -0.345. The molecule has 1 aromatic carbocycles. The Balaban J connectivity index is 1.78. The summed E-state index contributed by atoms with van der Waals surface area (Å²) in [6, 6.07) is 8.49. The van der Waals surface area contributed by atoms with Gasteiger partial charge in [-0.25, -0.2) is 14.8 Å². The lowest BCUT2D eigenvalue weighted by molar-refractivity contribution is 0.0697. The maximum absolute atomic E-state index is 12.2. The van der Waals surface area contributed by atoms with Crippen LogP contribution in [0, 0.1) is 5.92 Å². The van der Waals surface area contributed by atoms with Gasteiger partial charge >= 0.3 is 5.97 Å². The molecule has 1 aliphatic rings. The van der Waals surface area contributed by atoms with Crippen LogP contribution >= 0.6 is 0 Å². The maximum Gasteiger partial charge on any atom is 0.336 e. The fourth-order valence-electron chi connectivity index (χ4n) is 3.25. The average Bonchev–Trinajstić information content (AvgIpc) is 3.11. The lowest BCUT2D eigenvalue weighted by Crippen LogP contribution is -2.38. The third-order valence-corrected chi connectivity index (χ3v) is 6.60. The van der Waals surface area contributed by atoms with Crippen LogP contribution in [-0.4, -0.2) is 65.3 Å². The number of carboxylic acid groups (broad SMARTS) is 1. The third-order valence-electron chi connectivity index (χ3n) is 4.69. The highest BCUT2D eigenvalue weighted by molar-refractivity contribution is 7.86. The number of benzene rings is 1. The number of aromatic nitrogens is 2. The molecule has 1 saturated heterocycles. The quantitative estimate of drug-likeness (QED) is 0.802. The Labute approximate surface area is 158 Å². The van der Waals surface area contributed by atoms with Gasteiger partial charge in [-0.1, -0.05) is 18.2 Å². The highest BCUT2D eigenvalue weighted by atomic mass is 32.2. The number of hydrogen-bond donors (Lipinski definition) is 1. The van der Waals surface area contributed by atoms with Crippen molar-refractivity contribution in [3.05, 3.63) is 47.9 Å². The van der Waals surface area contributed by atoms with Crippen molar-refractivity contribution in [3.8, 4) is 11.3 Å². The van der Waals surface area contributed by atoms with E-state index in [1.54, 1.807) is 30.3 Å². The first-order chi connectivity index (χ1) is 12.8. The summed E-state index contributed by atoms with van der Waals surface area (Å²) in [6.45, 7) is 0.941. The van der Waals surface area contributed by atoms with Crippen LogP contribution in [-0.2, 0) is 16.6 Å². The molecule has 1 fully saturated rings. The molecular formula is C18H22N4O4S. The Morgan fingerprint density at radius 3 is 2.74 bits per heavy atom. The van der Waals surface area contributed by atoms with E-state index < -0.39 is 16.2 Å². The minimum Gasteiger partial charge on any atom is -0.478 e. The largest absolute Gasteiger partial charge is 0.478 e. The number of aromatic carboxylic acids is 1. The number of nitrogens with zero attached hydrogens (tertiary/aromatic N) is 4. The molecule has 1 aliphatic heterocycles. The van der Waals surface area contributed by atoms with Crippen LogP contribution in [0.4, 0.5) is 0 Å². The standard InChI is InChI=1S/C18H22N4O4S/c1-21(2)27(25,26)22-8-7-13(11-22)9-14-10-17(20-12-19-14)15-5-3-4-6-16(15)18(23)24/h3-6,10,12-13H,7-9,11H2,1-2H3,(H,23,24)/t13-/m1/s1. The normalized spacial score (nSPS) is 18.1. The maximum atomic E-state index is 12.2. The van der Waals surface area contributed by atoms with E-state index in [2.05, 4.69) is 9.97 Å². The predicted octanol–water partition coefficient (Wildman–Crippen LogP) is 1.51. The Kier molecular flexibility index (Phi) is 5.54. The molecule has 0 spiro atoms. The Morgan fingerprint density at radius 1 is 1.30 bits per heavy atom. The molecule has 3 rings (SSSR count). The molecule has 0 bridgehead atoms. The first kappa shape index (κ1) is 19.4. The summed E-state index contributed by atoms with van der Waals surface area (Å²) in [6.07, 6.45) is 2.80. The zero-order chi connectivity index (χ0) is 19.6. The Morgan fingerprint density at radius 2 is 2.04 bits per heavy atom. The van der Waals surface area contributed by atoms with Gasteiger partial charge in [0.2, 0.25) is 0 Å². The average molecular weight is 390 g/mol. The van der Waals surface area contributed by atoms with Crippen molar-refractivity contribution in [1.82, 2.24) is 18.6 Å². The predicted molar refractivity (Wildman–Crippen MR) is 100 cm³/mol. The molecule has 1 N–H and O–H groups in total. The summed E-state index contributed by atoms with van der Waals surface area (Å²) in [5.41, 5.74) is 2.05. The van der Waals surface area contributed by atoms with E-state index in [4.69, 9.17) is 0 Å². The fourth-order valence-corrected chi connectivity index (χ4v) is 4.45. The van der Waals surface area contributed by atoms with Crippen molar-refractivity contribution in [3.63, 3.8) is 0 Å². The number of rotatable bonds is 6. The summed E-state index contributed by atoms with van der Waals surface area (Å²) >= 11 is 0. The second-order valence-corrected chi connectivity index (χ2v) is 8.89. The molecule has 27 heavy (non-hydrogen) atoms. The lowest BCUT2D eigenvalue weighted by Gasteiger charge is -2.20.